The first-order valence-corrected chi connectivity index (χ1v) is 6.02. The Balaban J connectivity index is 2.18. The summed E-state index contributed by atoms with van der Waals surface area (Å²) in [6.07, 6.45) is 0.306. The summed E-state index contributed by atoms with van der Waals surface area (Å²) in [5, 5.41) is 12.6. The second kappa shape index (κ2) is 5.19. The minimum Gasteiger partial charge on any atom is -0.391 e. The highest BCUT2D eigenvalue weighted by atomic mass is 16.3. The molecule has 1 aliphatic rings. The number of hydrogen-bond donors (Lipinski definition) is 2. The Bertz CT molecular complexity index is 406. The molecular formula is C13H18N2O2. The topological polar surface area (TPSA) is 52.6 Å². The smallest absolute Gasteiger partial charge is 0.256 e. The highest BCUT2D eigenvalue weighted by Crippen LogP contribution is 2.19. The van der Waals surface area contributed by atoms with E-state index in [0.717, 1.165) is 12.2 Å². The molecule has 1 fully saturated rings. The molecule has 1 heterocycles. The molecule has 2 rings (SSSR count). The van der Waals surface area contributed by atoms with Crippen molar-refractivity contribution < 1.29 is 9.90 Å². The van der Waals surface area contributed by atoms with Gasteiger partial charge in [-0.2, -0.15) is 0 Å². The van der Waals surface area contributed by atoms with Crippen molar-refractivity contribution in [3.63, 3.8) is 0 Å². The van der Waals surface area contributed by atoms with Gasteiger partial charge in [0.2, 0.25) is 0 Å². The number of aliphatic hydroxyl groups excluding tert-OH is 1. The zero-order valence-electron chi connectivity index (χ0n) is 10.0. The molecule has 0 bridgehead atoms. The quantitative estimate of drug-likeness (QED) is 0.829. The molecule has 92 valence electrons. The molecule has 4 heteroatoms. The summed E-state index contributed by atoms with van der Waals surface area (Å²) in [5.74, 6) is -0.00176. The number of para-hydroxylation sites is 1. The van der Waals surface area contributed by atoms with Gasteiger partial charge < -0.3 is 15.3 Å². The summed E-state index contributed by atoms with van der Waals surface area (Å²) in [4.78, 5) is 14.0. The Morgan fingerprint density at radius 3 is 2.94 bits per heavy atom. The molecular weight excluding hydrogens is 216 g/mol. The predicted octanol–water partition coefficient (Wildman–Crippen LogP) is 1.33. The van der Waals surface area contributed by atoms with Gasteiger partial charge >= 0.3 is 0 Å². The number of β-amino-alcohol motifs (C(OH)–C–C–N with tert-alkyl or cyclic N) is 1. The van der Waals surface area contributed by atoms with E-state index in [2.05, 4.69) is 5.32 Å². The molecule has 17 heavy (non-hydrogen) atoms. The molecule has 0 unspecified atom stereocenters. The van der Waals surface area contributed by atoms with Crippen molar-refractivity contribution in [2.45, 2.75) is 19.4 Å². The van der Waals surface area contributed by atoms with Crippen LogP contribution in [0.15, 0.2) is 24.3 Å². The van der Waals surface area contributed by atoms with Crippen molar-refractivity contribution in [1.82, 2.24) is 4.90 Å². The number of hydrogen-bond acceptors (Lipinski definition) is 3. The number of anilines is 1. The maximum Gasteiger partial charge on any atom is 0.256 e. The van der Waals surface area contributed by atoms with Crippen LogP contribution in [-0.4, -0.2) is 41.7 Å². The number of likely N-dealkylation sites (tertiary alicyclic amines) is 1. The van der Waals surface area contributed by atoms with Crippen molar-refractivity contribution in [2.24, 2.45) is 0 Å². The fourth-order valence-corrected chi connectivity index (χ4v) is 2.11. The van der Waals surface area contributed by atoms with Crippen LogP contribution in [-0.2, 0) is 0 Å². The zero-order valence-corrected chi connectivity index (χ0v) is 10.0. The summed E-state index contributed by atoms with van der Waals surface area (Å²) >= 11 is 0. The van der Waals surface area contributed by atoms with E-state index in [1.54, 1.807) is 4.90 Å². The van der Waals surface area contributed by atoms with Gasteiger partial charge in [0.15, 0.2) is 0 Å². The number of aliphatic hydroxyl groups is 1. The highest BCUT2D eigenvalue weighted by molar-refractivity contribution is 5.99. The standard InChI is InChI=1S/C13H18N2O2/c1-2-14-12-6-4-3-5-11(12)13(17)15-8-7-10(16)9-15/h3-6,10,14,16H,2,7-9H2,1H3/t10-/m1/s1. The molecule has 1 aromatic carbocycles. The lowest BCUT2D eigenvalue weighted by Crippen LogP contribution is -2.30. The van der Waals surface area contributed by atoms with Gasteiger partial charge in [-0.05, 0) is 25.5 Å². The van der Waals surface area contributed by atoms with Crippen LogP contribution in [0.3, 0.4) is 0 Å². The summed E-state index contributed by atoms with van der Waals surface area (Å²) in [6, 6.07) is 7.50. The van der Waals surface area contributed by atoms with Crippen LogP contribution in [0.4, 0.5) is 5.69 Å². The van der Waals surface area contributed by atoms with Crippen molar-refractivity contribution in [3.05, 3.63) is 29.8 Å². The van der Waals surface area contributed by atoms with E-state index in [1.807, 2.05) is 31.2 Å². The first-order chi connectivity index (χ1) is 8.22. The lowest BCUT2D eigenvalue weighted by molar-refractivity contribution is 0.0766. The lowest BCUT2D eigenvalue weighted by Gasteiger charge is -2.18. The molecule has 0 aliphatic carbocycles. The van der Waals surface area contributed by atoms with Gasteiger partial charge in [0.1, 0.15) is 0 Å². The van der Waals surface area contributed by atoms with E-state index in [-0.39, 0.29) is 12.0 Å². The van der Waals surface area contributed by atoms with E-state index in [4.69, 9.17) is 0 Å². The normalized spacial score (nSPS) is 19.4. The van der Waals surface area contributed by atoms with Crippen LogP contribution >= 0.6 is 0 Å². The van der Waals surface area contributed by atoms with Crippen molar-refractivity contribution in [2.75, 3.05) is 25.0 Å². The van der Waals surface area contributed by atoms with Crippen molar-refractivity contribution in [3.8, 4) is 0 Å². The molecule has 0 aromatic heterocycles. The number of carbonyl (C=O) groups is 1. The first kappa shape index (κ1) is 11.9. The van der Waals surface area contributed by atoms with E-state index < -0.39 is 0 Å². The Hall–Kier alpha value is -1.55. The van der Waals surface area contributed by atoms with Gasteiger partial charge in [-0.25, -0.2) is 0 Å². The van der Waals surface area contributed by atoms with Gasteiger partial charge in [0.05, 0.1) is 11.7 Å². The Kier molecular flexibility index (Phi) is 3.64. The van der Waals surface area contributed by atoms with Gasteiger partial charge in [0, 0.05) is 25.3 Å². The molecule has 1 aromatic rings. The number of benzene rings is 1. The van der Waals surface area contributed by atoms with Gasteiger partial charge in [-0.3, -0.25) is 4.79 Å². The van der Waals surface area contributed by atoms with Crippen molar-refractivity contribution in [1.29, 1.82) is 0 Å². The van der Waals surface area contributed by atoms with Crippen molar-refractivity contribution >= 4 is 11.6 Å². The maximum atomic E-state index is 12.3. The van der Waals surface area contributed by atoms with Gasteiger partial charge in [-0.1, -0.05) is 12.1 Å². The second-order valence-electron chi connectivity index (χ2n) is 4.27. The molecule has 2 N–H and O–H groups in total. The summed E-state index contributed by atoms with van der Waals surface area (Å²) < 4.78 is 0. The number of nitrogens with one attached hydrogen (secondary N) is 1. The third kappa shape index (κ3) is 2.58. The molecule has 1 aliphatic heterocycles. The predicted molar refractivity (Wildman–Crippen MR) is 67.1 cm³/mol. The van der Waals surface area contributed by atoms with Gasteiger partial charge in [-0.15, -0.1) is 0 Å². The largest absolute Gasteiger partial charge is 0.391 e. The number of carbonyl (C=O) groups excluding carboxylic acids is 1. The number of nitrogens with zero attached hydrogens (tertiary/aromatic N) is 1. The van der Waals surface area contributed by atoms with Crippen LogP contribution in [0.25, 0.3) is 0 Å². The molecule has 1 saturated heterocycles. The summed E-state index contributed by atoms with van der Waals surface area (Å²) in [7, 11) is 0. The van der Waals surface area contributed by atoms with Gasteiger partial charge in [0.25, 0.3) is 5.91 Å². The molecule has 1 atom stereocenters. The van der Waals surface area contributed by atoms with E-state index in [9.17, 15) is 9.90 Å². The average molecular weight is 234 g/mol. The lowest BCUT2D eigenvalue weighted by atomic mass is 10.1. The van der Waals surface area contributed by atoms with Crippen LogP contribution in [0, 0.1) is 0 Å². The van der Waals surface area contributed by atoms with E-state index >= 15 is 0 Å². The minimum absolute atomic E-state index is 0.00176. The SMILES string of the molecule is CCNc1ccccc1C(=O)N1CC[C@@H](O)C1. The first-order valence-electron chi connectivity index (χ1n) is 6.02. The molecule has 1 amide bonds. The number of rotatable bonds is 3. The summed E-state index contributed by atoms with van der Waals surface area (Å²) in [5.41, 5.74) is 1.55. The van der Waals surface area contributed by atoms with Crippen LogP contribution in [0.5, 0.6) is 0 Å². The third-order valence-electron chi connectivity index (χ3n) is 2.98. The fraction of sp³-hybridized carbons (Fsp3) is 0.462. The Morgan fingerprint density at radius 1 is 1.53 bits per heavy atom. The zero-order chi connectivity index (χ0) is 12.3. The monoisotopic (exact) mass is 234 g/mol. The average Bonchev–Trinajstić information content (AvgIpc) is 2.76. The van der Waals surface area contributed by atoms with Crippen LogP contribution in [0.2, 0.25) is 0 Å². The minimum atomic E-state index is -0.370. The highest BCUT2D eigenvalue weighted by Gasteiger charge is 2.26. The second-order valence-corrected chi connectivity index (χ2v) is 4.27. The number of amides is 1. The van der Waals surface area contributed by atoms with Crippen LogP contribution < -0.4 is 5.32 Å². The maximum absolute atomic E-state index is 12.3. The fourth-order valence-electron chi connectivity index (χ4n) is 2.11. The van der Waals surface area contributed by atoms with E-state index in [1.165, 1.54) is 0 Å². The summed E-state index contributed by atoms with van der Waals surface area (Å²) in [6.45, 7) is 3.87. The molecule has 0 radical (unpaired) electrons. The molecule has 0 saturated carbocycles. The third-order valence-corrected chi connectivity index (χ3v) is 2.98. The Labute approximate surface area is 101 Å². The van der Waals surface area contributed by atoms with E-state index in [0.29, 0.717) is 25.1 Å². The van der Waals surface area contributed by atoms with Crippen LogP contribution in [0.1, 0.15) is 23.7 Å². The molecule has 0 spiro atoms. The molecule has 4 nitrogen and oxygen atoms in total. The Morgan fingerprint density at radius 2 is 2.29 bits per heavy atom.